The predicted molar refractivity (Wildman–Crippen MR) is 102 cm³/mol. The number of carbonyl (C=O) groups excluding carboxylic acids is 3. The number of aryl methyl sites for hydroxylation is 3. The van der Waals surface area contributed by atoms with Gasteiger partial charge in [0.1, 0.15) is 6.54 Å². The summed E-state index contributed by atoms with van der Waals surface area (Å²) in [4.78, 5) is 35.9. The normalized spacial score (nSPS) is 10.5. The van der Waals surface area contributed by atoms with Crippen molar-refractivity contribution >= 4 is 17.6 Å². The number of carbonyl (C=O) groups is 3. The Morgan fingerprint density at radius 3 is 2.26 bits per heavy atom. The van der Waals surface area contributed by atoms with Crippen molar-refractivity contribution in [2.75, 3.05) is 0 Å². The van der Waals surface area contributed by atoms with Gasteiger partial charge in [-0.3, -0.25) is 29.9 Å². The van der Waals surface area contributed by atoms with Crippen molar-refractivity contribution in [2.45, 2.75) is 53.0 Å². The maximum atomic E-state index is 12.2. The van der Waals surface area contributed by atoms with Gasteiger partial charge in [0, 0.05) is 24.1 Å². The van der Waals surface area contributed by atoms with E-state index in [0.717, 1.165) is 24.2 Å². The van der Waals surface area contributed by atoms with Gasteiger partial charge in [0.05, 0.1) is 5.69 Å². The molecule has 0 atom stereocenters. The largest absolute Gasteiger partial charge is 0.294 e. The maximum absolute atomic E-state index is 12.2. The highest BCUT2D eigenvalue weighted by atomic mass is 16.2. The number of hydrazine groups is 1. The van der Waals surface area contributed by atoms with E-state index in [0.29, 0.717) is 5.56 Å². The lowest BCUT2D eigenvalue weighted by molar-refractivity contribution is -0.129. The fourth-order valence-corrected chi connectivity index (χ4v) is 2.73. The van der Waals surface area contributed by atoms with Crippen LogP contribution in [0.4, 0.5) is 0 Å². The number of Topliss-reactive ketones (excluding diaryl/α,β-unsaturated/α-hetero) is 1. The lowest BCUT2D eigenvalue weighted by Gasteiger charge is -2.08. The van der Waals surface area contributed by atoms with E-state index in [2.05, 4.69) is 22.9 Å². The summed E-state index contributed by atoms with van der Waals surface area (Å²) in [6.45, 7) is 5.82. The van der Waals surface area contributed by atoms with Gasteiger partial charge in [0.15, 0.2) is 5.78 Å². The zero-order valence-electron chi connectivity index (χ0n) is 16.0. The molecule has 7 heteroatoms. The lowest BCUT2D eigenvalue weighted by Crippen LogP contribution is -2.43. The maximum Gasteiger partial charge on any atom is 0.260 e. The second-order valence-corrected chi connectivity index (χ2v) is 6.55. The molecule has 2 amide bonds. The summed E-state index contributed by atoms with van der Waals surface area (Å²) in [7, 11) is 0. The van der Waals surface area contributed by atoms with Gasteiger partial charge in [0.25, 0.3) is 5.91 Å². The average molecular weight is 370 g/mol. The number of hydrogen-bond donors (Lipinski definition) is 2. The summed E-state index contributed by atoms with van der Waals surface area (Å²) in [6.07, 6.45) is 2.13. The minimum atomic E-state index is -0.410. The highest BCUT2D eigenvalue weighted by Crippen LogP contribution is 2.09. The first kappa shape index (κ1) is 20.4. The molecule has 0 aliphatic carbocycles. The molecule has 144 valence electrons. The molecule has 0 aliphatic heterocycles. The number of hydrogen-bond acceptors (Lipinski definition) is 4. The summed E-state index contributed by atoms with van der Waals surface area (Å²) >= 11 is 0. The molecule has 0 bridgehead atoms. The fraction of sp³-hybridized carbons (Fsp3) is 0.400. The van der Waals surface area contributed by atoms with Gasteiger partial charge in [-0.2, -0.15) is 5.10 Å². The van der Waals surface area contributed by atoms with Crippen LogP contribution in [0.5, 0.6) is 0 Å². The van der Waals surface area contributed by atoms with E-state index in [1.54, 1.807) is 16.8 Å². The molecule has 0 saturated heterocycles. The van der Waals surface area contributed by atoms with Gasteiger partial charge < -0.3 is 0 Å². The molecule has 2 aromatic rings. The summed E-state index contributed by atoms with van der Waals surface area (Å²) in [5.41, 5.74) is 8.15. The molecule has 1 aromatic carbocycles. The van der Waals surface area contributed by atoms with Crippen LogP contribution in [-0.4, -0.2) is 27.4 Å². The monoisotopic (exact) mass is 370 g/mol. The molecule has 7 nitrogen and oxygen atoms in total. The zero-order chi connectivity index (χ0) is 19.8. The molecule has 0 aliphatic rings. The number of benzene rings is 1. The molecule has 0 unspecified atom stereocenters. The Kier molecular flexibility index (Phi) is 7.28. The molecule has 2 N–H and O–H groups in total. The van der Waals surface area contributed by atoms with Crippen LogP contribution in [0.1, 0.15) is 53.5 Å². The van der Waals surface area contributed by atoms with Crippen LogP contribution in [0.15, 0.2) is 30.3 Å². The average Bonchev–Trinajstić information content (AvgIpc) is 2.95. The van der Waals surface area contributed by atoms with Gasteiger partial charge >= 0.3 is 0 Å². The van der Waals surface area contributed by atoms with Crippen LogP contribution in [0, 0.1) is 13.8 Å². The molecule has 0 radical (unpaired) electrons. The number of nitrogens with zero attached hydrogens (tertiary/aromatic N) is 2. The number of amides is 2. The third-order valence-corrected chi connectivity index (χ3v) is 4.13. The molecule has 27 heavy (non-hydrogen) atoms. The van der Waals surface area contributed by atoms with E-state index in [-0.39, 0.29) is 31.1 Å². The highest BCUT2D eigenvalue weighted by Gasteiger charge is 2.11. The summed E-state index contributed by atoms with van der Waals surface area (Å²) < 4.78 is 1.56. The topological polar surface area (TPSA) is 93.1 Å². The van der Waals surface area contributed by atoms with Crippen molar-refractivity contribution in [1.29, 1.82) is 0 Å². The predicted octanol–water partition coefficient (Wildman–Crippen LogP) is 2.26. The third kappa shape index (κ3) is 6.36. The van der Waals surface area contributed by atoms with E-state index >= 15 is 0 Å². The standard InChI is InChI=1S/C20H26N4O3/c1-4-5-16-6-8-17(9-7-16)18(25)10-11-19(26)21-22-20(27)13-24-15(3)12-14(2)23-24/h6-9,12H,4-5,10-11,13H2,1-3H3,(H,21,26)(H,22,27). The van der Waals surface area contributed by atoms with E-state index in [1.165, 1.54) is 5.56 Å². The van der Waals surface area contributed by atoms with E-state index in [4.69, 9.17) is 0 Å². The van der Waals surface area contributed by atoms with Gasteiger partial charge in [0.2, 0.25) is 5.91 Å². The Morgan fingerprint density at radius 2 is 1.67 bits per heavy atom. The molecule has 0 spiro atoms. The summed E-state index contributed by atoms with van der Waals surface area (Å²) in [5.74, 6) is -0.887. The molecule has 1 heterocycles. The number of rotatable bonds is 8. The molecule has 2 rings (SSSR count). The Bertz CT molecular complexity index is 809. The van der Waals surface area contributed by atoms with Crippen LogP contribution in [0.2, 0.25) is 0 Å². The number of aromatic nitrogens is 2. The molecular formula is C20H26N4O3. The SMILES string of the molecule is CCCc1ccc(C(=O)CCC(=O)NNC(=O)Cn2nc(C)cc2C)cc1. The van der Waals surface area contributed by atoms with Gasteiger partial charge in [-0.25, -0.2) is 0 Å². The molecule has 0 saturated carbocycles. The van der Waals surface area contributed by atoms with Crippen molar-refractivity contribution in [3.05, 3.63) is 52.8 Å². The molecule has 1 aromatic heterocycles. The van der Waals surface area contributed by atoms with Crippen LogP contribution in [0.25, 0.3) is 0 Å². The summed E-state index contributed by atoms with van der Waals surface area (Å²) in [6, 6.07) is 9.33. The van der Waals surface area contributed by atoms with Crippen molar-refractivity contribution < 1.29 is 14.4 Å². The lowest BCUT2D eigenvalue weighted by atomic mass is 10.0. The van der Waals surface area contributed by atoms with Crippen molar-refractivity contribution in [3.63, 3.8) is 0 Å². The minimum Gasteiger partial charge on any atom is -0.294 e. The van der Waals surface area contributed by atoms with Crippen molar-refractivity contribution in [3.8, 4) is 0 Å². The van der Waals surface area contributed by atoms with Crippen LogP contribution in [0.3, 0.4) is 0 Å². The first-order valence-electron chi connectivity index (χ1n) is 9.10. The first-order chi connectivity index (χ1) is 12.9. The Morgan fingerprint density at radius 1 is 1.00 bits per heavy atom. The molecule has 0 fully saturated rings. The second-order valence-electron chi connectivity index (χ2n) is 6.55. The first-order valence-corrected chi connectivity index (χ1v) is 9.10. The second kappa shape index (κ2) is 9.66. The Balaban J connectivity index is 1.72. The highest BCUT2D eigenvalue weighted by molar-refractivity contribution is 5.98. The van der Waals surface area contributed by atoms with E-state index in [1.807, 2.05) is 32.0 Å². The zero-order valence-corrected chi connectivity index (χ0v) is 16.0. The Hall–Kier alpha value is -2.96. The van der Waals surface area contributed by atoms with Gasteiger partial charge in [-0.05, 0) is 31.9 Å². The van der Waals surface area contributed by atoms with Crippen LogP contribution in [-0.2, 0) is 22.6 Å². The van der Waals surface area contributed by atoms with Crippen LogP contribution >= 0.6 is 0 Å². The van der Waals surface area contributed by atoms with Gasteiger partial charge in [-0.15, -0.1) is 0 Å². The Labute approximate surface area is 159 Å². The minimum absolute atomic E-state index is 0.00965. The third-order valence-electron chi connectivity index (χ3n) is 4.13. The van der Waals surface area contributed by atoms with Crippen molar-refractivity contribution in [2.24, 2.45) is 0 Å². The quantitative estimate of drug-likeness (QED) is 0.551. The van der Waals surface area contributed by atoms with Crippen molar-refractivity contribution in [1.82, 2.24) is 20.6 Å². The number of ketones is 1. The van der Waals surface area contributed by atoms with Gasteiger partial charge in [-0.1, -0.05) is 37.6 Å². The smallest absolute Gasteiger partial charge is 0.260 e. The summed E-state index contributed by atoms with van der Waals surface area (Å²) in [5, 5.41) is 4.19. The number of nitrogens with one attached hydrogen (secondary N) is 2. The molecular weight excluding hydrogens is 344 g/mol. The van der Waals surface area contributed by atoms with Crippen LogP contribution < -0.4 is 10.9 Å². The fourth-order valence-electron chi connectivity index (χ4n) is 2.73. The van der Waals surface area contributed by atoms with E-state index in [9.17, 15) is 14.4 Å². The van der Waals surface area contributed by atoms with E-state index < -0.39 is 5.91 Å².